The lowest BCUT2D eigenvalue weighted by atomic mass is 10.1. The fourth-order valence-corrected chi connectivity index (χ4v) is 2.21. The van der Waals surface area contributed by atoms with Gasteiger partial charge >= 0.3 is 0 Å². The molecule has 1 N–H and O–H groups in total. The van der Waals surface area contributed by atoms with Gasteiger partial charge in [0.25, 0.3) is 0 Å². The average molecular weight is 287 g/mol. The highest BCUT2D eigenvalue weighted by molar-refractivity contribution is 5.83. The first-order valence-corrected chi connectivity index (χ1v) is 7.47. The van der Waals surface area contributed by atoms with E-state index in [-0.39, 0.29) is 0 Å². The minimum atomic E-state index is 0.506. The molecule has 0 unspecified atom stereocenters. The molecule has 0 atom stereocenters. The van der Waals surface area contributed by atoms with Crippen molar-refractivity contribution in [3.63, 3.8) is 0 Å². The van der Waals surface area contributed by atoms with Gasteiger partial charge in [-0.3, -0.25) is 4.90 Å². The number of nitrogens with one attached hydrogen (secondary N) is 1. The van der Waals surface area contributed by atoms with Crippen LogP contribution >= 0.6 is 0 Å². The van der Waals surface area contributed by atoms with Gasteiger partial charge in [0.15, 0.2) is 0 Å². The quantitative estimate of drug-likeness (QED) is 0.882. The minimum Gasteiger partial charge on any atom is -0.497 e. The Morgan fingerprint density at radius 3 is 2.67 bits per heavy atom. The van der Waals surface area contributed by atoms with E-state index < -0.39 is 0 Å². The fraction of sp³-hybridized carbons (Fsp3) is 0.471. The molecule has 0 spiro atoms. The van der Waals surface area contributed by atoms with E-state index >= 15 is 0 Å². The van der Waals surface area contributed by atoms with Crippen molar-refractivity contribution in [2.75, 3.05) is 26.0 Å². The first-order valence-electron chi connectivity index (χ1n) is 7.47. The summed E-state index contributed by atoms with van der Waals surface area (Å²) in [5, 5.41) is 4.51. The first kappa shape index (κ1) is 15.6. The molecule has 1 aromatic heterocycles. The standard InChI is InChI=1S/C17H25N3O/c1-6-18-17-14(11-20(4)12(2)3)9-13-7-8-15(21-5)10-16(13)19-17/h7-10,12H,6,11H2,1-5H3,(H,18,19). The van der Waals surface area contributed by atoms with Crippen molar-refractivity contribution in [3.05, 3.63) is 29.8 Å². The Bertz CT molecular complexity index is 610. The Balaban J connectivity index is 2.44. The van der Waals surface area contributed by atoms with E-state index in [0.717, 1.165) is 35.6 Å². The van der Waals surface area contributed by atoms with E-state index in [4.69, 9.17) is 9.72 Å². The fourth-order valence-electron chi connectivity index (χ4n) is 2.21. The van der Waals surface area contributed by atoms with E-state index in [9.17, 15) is 0 Å². The van der Waals surface area contributed by atoms with Crippen LogP contribution in [0.1, 0.15) is 26.3 Å². The van der Waals surface area contributed by atoms with Crippen molar-refractivity contribution in [1.82, 2.24) is 9.88 Å². The van der Waals surface area contributed by atoms with E-state index in [2.05, 4.69) is 50.2 Å². The first-order chi connectivity index (χ1) is 10.0. The van der Waals surface area contributed by atoms with Gasteiger partial charge < -0.3 is 10.1 Å². The number of nitrogens with zero attached hydrogens (tertiary/aromatic N) is 2. The molecule has 0 aliphatic carbocycles. The van der Waals surface area contributed by atoms with Gasteiger partial charge in [-0.25, -0.2) is 4.98 Å². The molecule has 21 heavy (non-hydrogen) atoms. The van der Waals surface area contributed by atoms with E-state index in [0.29, 0.717) is 6.04 Å². The molecule has 0 amide bonds. The third-order valence-corrected chi connectivity index (χ3v) is 3.75. The normalized spacial score (nSPS) is 11.4. The molecule has 2 aromatic rings. The molecular formula is C17H25N3O. The summed E-state index contributed by atoms with van der Waals surface area (Å²) in [7, 11) is 3.82. The molecule has 1 heterocycles. The number of rotatable bonds is 6. The number of ether oxygens (including phenoxy) is 1. The summed E-state index contributed by atoms with van der Waals surface area (Å²) in [5.41, 5.74) is 2.19. The number of hydrogen-bond donors (Lipinski definition) is 1. The molecule has 0 aliphatic rings. The minimum absolute atomic E-state index is 0.506. The van der Waals surface area contributed by atoms with Gasteiger partial charge in [-0.1, -0.05) is 0 Å². The van der Waals surface area contributed by atoms with Gasteiger partial charge in [0.05, 0.1) is 12.6 Å². The van der Waals surface area contributed by atoms with Crippen LogP contribution in [0.4, 0.5) is 5.82 Å². The van der Waals surface area contributed by atoms with Crippen LogP contribution in [-0.4, -0.2) is 36.6 Å². The van der Waals surface area contributed by atoms with Crippen LogP contribution < -0.4 is 10.1 Å². The average Bonchev–Trinajstić information content (AvgIpc) is 2.47. The SMILES string of the molecule is CCNc1nc2cc(OC)ccc2cc1CN(C)C(C)C. The Hall–Kier alpha value is -1.81. The summed E-state index contributed by atoms with van der Waals surface area (Å²) < 4.78 is 5.28. The second-order valence-corrected chi connectivity index (χ2v) is 5.59. The second kappa shape index (κ2) is 6.76. The Labute approximate surface area is 127 Å². The summed E-state index contributed by atoms with van der Waals surface area (Å²) >= 11 is 0. The molecule has 0 bridgehead atoms. The van der Waals surface area contributed by atoms with E-state index in [1.807, 2.05) is 12.1 Å². The summed E-state index contributed by atoms with van der Waals surface area (Å²) in [6.45, 7) is 8.24. The summed E-state index contributed by atoms with van der Waals surface area (Å²) in [6.07, 6.45) is 0. The summed E-state index contributed by atoms with van der Waals surface area (Å²) in [4.78, 5) is 7.08. The zero-order valence-corrected chi connectivity index (χ0v) is 13.6. The molecule has 4 nitrogen and oxygen atoms in total. The van der Waals surface area contributed by atoms with Gasteiger partial charge in [0, 0.05) is 36.1 Å². The molecule has 0 saturated heterocycles. The molecule has 1 aromatic carbocycles. The zero-order chi connectivity index (χ0) is 15.4. The predicted molar refractivity (Wildman–Crippen MR) is 89.1 cm³/mol. The Morgan fingerprint density at radius 2 is 2.05 bits per heavy atom. The van der Waals surface area contributed by atoms with E-state index in [1.54, 1.807) is 7.11 Å². The molecule has 4 heteroatoms. The van der Waals surface area contributed by atoms with Crippen molar-refractivity contribution < 1.29 is 4.74 Å². The number of pyridine rings is 1. The monoisotopic (exact) mass is 287 g/mol. The van der Waals surface area contributed by atoms with Crippen LogP contribution in [0.2, 0.25) is 0 Å². The molecule has 0 saturated carbocycles. The molecule has 0 fully saturated rings. The lowest BCUT2D eigenvalue weighted by molar-refractivity contribution is 0.266. The topological polar surface area (TPSA) is 37.4 Å². The van der Waals surface area contributed by atoms with Crippen molar-refractivity contribution in [1.29, 1.82) is 0 Å². The number of fused-ring (bicyclic) bond motifs is 1. The predicted octanol–water partition coefficient (Wildman–Crippen LogP) is 3.52. The van der Waals surface area contributed by atoms with Crippen LogP contribution in [0.15, 0.2) is 24.3 Å². The third kappa shape index (κ3) is 3.64. The Morgan fingerprint density at radius 1 is 1.29 bits per heavy atom. The van der Waals surface area contributed by atoms with Gasteiger partial charge in [-0.05, 0) is 46.0 Å². The van der Waals surface area contributed by atoms with Crippen LogP contribution in [-0.2, 0) is 6.54 Å². The number of hydrogen-bond acceptors (Lipinski definition) is 4. The smallest absolute Gasteiger partial charge is 0.131 e. The van der Waals surface area contributed by atoms with Crippen molar-refractivity contribution in [2.24, 2.45) is 0 Å². The highest BCUT2D eigenvalue weighted by Crippen LogP contribution is 2.25. The molecule has 114 valence electrons. The highest BCUT2D eigenvalue weighted by Gasteiger charge is 2.11. The largest absolute Gasteiger partial charge is 0.497 e. The molecule has 2 rings (SSSR count). The number of aromatic nitrogens is 1. The third-order valence-electron chi connectivity index (χ3n) is 3.75. The summed E-state index contributed by atoms with van der Waals surface area (Å²) in [6, 6.07) is 8.75. The maximum absolute atomic E-state index is 5.28. The Kier molecular flexibility index (Phi) is 5.02. The maximum atomic E-state index is 5.28. The number of anilines is 1. The van der Waals surface area contributed by atoms with Gasteiger partial charge in [0.1, 0.15) is 11.6 Å². The summed E-state index contributed by atoms with van der Waals surface area (Å²) in [5.74, 6) is 1.80. The van der Waals surface area contributed by atoms with E-state index in [1.165, 1.54) is 5.56 Å². The lowest BCUT2D eigenvalue weighted by Crippen LogP contribution is -2.26. The van der Waals surface area contributed by atoms with Crippen molar-refractivity contribution in [2.45, 2.75) is 33.4 Å². The maximum Gasteiger partial charge on any atom is 0.131 e. The van der Waals surface area contributed by atoms with Crippen LogP contribution in [0.3, 0.4) is 0 Å². The molecular weight excluding hydrogens is 262 g/mol. The highest BCUT2D eigenvalue weighted by atomic mass is 16.5. The zero-order valence-electron chi connectivity index (χ0n) is 13.6. The number of benzene rings is 1. The van der Waals surface area contributed by atoms with Gasteiger partial charge in [0.2, 0.25) is 0 Å². The molecule has 0 radical (unpaired) electrons. The van der Waals surface area contributed by atoms with Gasteiger partial charge in [-0.2, -0.15) is 0 Å². The molecule has 0 aliphatic heterocycles. The van der Waals surface area contributed by atoms with Crippen LogP contribution in [0.5, 0.6) is 5.75 Å². The lowest BCUT2D eigenvalue weighted by Gasteiger charge is -2.22. The number of methoxy groups -OCH3 is 1. The van der Waals surface area contributed by atoms with Crippen LogP contribution in [0, 0.1) is 0 Å². The van der Waals surface area contributed by atoms with Crippen molar-refractivity contribution in [3.8, 4) is 5.75 Å². The van der Waals surface area contributed by atoms with Crippen LogP contribution in [0.25, 0.3) is 10.9 Å². The van der Waals surface area contributed by atoms with Gasteiger partial charge in [-0.15, -0.1) is 0 Å². The van der Waals surface area contributed by atoms with Crippen molar-refractivity contribution >= 4 is 16.7 Å². The second-order valence-electron chi connectivity index (χ2n) is 5.59.